The van der Waals surface area contributed by atoms with Crippen molar-refractivity contribution in [3.63, 3.8) is 0 Å². The first-order chi connectivity index (χ1) is 8.00. The number of nitrogens with zero attached hydrogens (tertiary/aromatic N) is 2. The quantitative estimate of drug-likeness (QED) is 0.829. The summed E-state index contributed by atoms with van der Waals surface area (Å²) in [7, 11) is -3.62. The number of sulfonamides is 1. The van der Waals surface area contributed by atoms with E-state index in [0.29, 0.717) is 11.5 Å². The number of nitrogens with one attached hydrogen (secondary N) is 2. The molecule has 2 rings (SSSR count). The molecule has 7 nitrogen and oxygen atoms in total. The van der Waals surface area contributed by atoms with Crippen LogP contribution in [0, 0.1) is 13.8 Å². The standard InChI is InChI=1S/C9H12N4O3S/c1-6-9(7(2)16-13-6)17(14,15)12-5-8-10-3-4-11-8/h3-4,12H,5H2,1-2H3,(H,10,11). The second-order valence-corrected chi connectivity index (χ2v) is 5.22. The zero-order valence-corrected chi connectivity index (χ0v) is 10.2. The van der Waals surface area contributed by atoms with E-state index in [9.17, 15) is 8.42 Å². The predicted octanol–water partition coefficient (Wildman–Crippen LogP) is 0.493. The van der Waals surface area contributed by atoms with Gasteiger partial charge in [0, 0.05) is 12.4 Å². The molecular weight excluding hydrogens is 244 g/mol. The first kappa shape index (κ1) is 11.8. The Morgan fingerprint density at radius 3 is 2.76 bits per heavy atom. The summed E-state index contributed by atoms with van der Waals surface area (Å²) < 4.78 is 31.2. The van der Waals surface area contributed by atoms with Crippen molar-refractivity contribution in [2.45, 2.75) is 25.3 Å². The van der Waals surface area contributed by atoms with Gasteiger partial charge in [-0.15, -0.1) is 0 Å². The number of aromatic nitrogens is 3. The van der Waals surface area contributed by atoms with Crippen molar-refractivity contribution in [1.29, 1.82) is 0 Å². The van der Waals surface area contributed by atoms with E-state index in [1.165, 1.54) is 0 Å². The molecule has 92 valence electrons. The average molecular weight is 256 g/mol. The van der Waals surface area contributed by atoms with Crippen LogP contribution in [-0.2, 0) is 16.6 Å². The Bertz CT molecular complexity index is 581. The van der Waals surface area contributed by atoms with Crippen LogP contribution in [0.2, 0.25) is 0 Å². The molecule has 0 saturated heterocycles. The zero-order valence-electron chi connectivity index (χ0n) is 9.39. The highest BCUT2D eigenvalue weighted by atomic mass is 32.2. The van der Waals surface area contributed by atoms with Crippen molar-refractivity contribution in [3.8, 4) is 0 Å². The third-order valence-corrected chi connectivity index (χ3v) is 3.87. The molecule has 0 aliphatic heterocycles. The maximum atomic E-state index is 12.0. The molecule has 17 heavy (non-hydrogen) atoms. The van der Waals surface area contributed by atoms with E-state index in [4.69, 9.17) is 4.52 Å². The van der Waals surface area contributed by atoms with Gasteiger partial charge in [0.25, 0.3) is 0 Å². The molecule has 0 fully saturated rings. The maximum Gasteiger partial charge on any atom is 0.246 e. The summed E-state index contributed by atoms with van der Waals surface area (Å²) >= 11 is 0. The van der Waals surface area contributed by atoms with Crippen LogP contribution in [0.3, 0.4) is 0 Å². The van der Waals surface area contributed by atoms with E-state index in [-0.39, 0.29) is 17.2 Å². The molecule has 0 bridgehead atoms. The van der Waals surface area contributed by atoms with E-state index in [1.807, 2.05) is 0 Å². The number of aryl methyl sites for hydroxylation is 2. The fourth-order valence-corrected chi connectivity index (χ4v) is 2.80. The van der Waals surface area contributed by atoms with Crippen LogP contribution in [0.5, 0.6) is 0 Å². The number of hydrogen-bond acceptors (Lipinski definition) is 5. The Hall–Kier alpha value is -1.67. The predicted molar refractivity (Wildman–Crippen MR) is 58.6 cm³/mol. The van der Waals surface area contributed by atoms with Crippen LogP contribution in [0.4, 0.5) is 0 Å². The van der Waals surface area contributed by atoms with Crippen LogP contribution in [0.1, 0.15) is 17.3 Å². The van der Waals surface area contributed by atoms with E-state index >= 15 is 0 Å². The van der Waals surface area contributed by atoms with Gasteiger partial charge in [-0.3, -0.25) is 0 Å². The lowest BCUT2D eigenvalue weighted by Crippen LogP contribution is -2.24. The zero-order chi connectivity index (χ0) is 12.5. The minimum absolute atomic E-state index is 0.0871. The van der Waals surface area contributed by atoms with Gasteiger partial charge in [0.15, 0.2) is 5.76 Å². The smallest absolute Gasteiger partial charge is 0.246 e. The third kappa shape index (κ3) is 2.37. The molecule has 8 heteroatoms. The summed E-state index contributed by atoms with van der Waals surface area (Å²) in [5.41, 5.74) is 0.342. The Morgan fingerprint density at radius 2 is 2.24 bits per heavy atom. The number of rotatable bonds is 4. The normalized spacial score (nSPS) is 11.9. The van der Waals surface area contributed by atoms with Gasteiger partial charge < -0.3 is 9.51 Å². The van der Waals surface area contributed by atoms with Gasteiger partial charge in [-0.05, 0) is 13.8 Å². The van der Waals surface area contributed by atoms with Crippen molar-refractivity contribution in [2.75, 3.05) is 0 Å². The van der Waals surface area contributed by atoms with Gasteiger partial charge in [-0.1, -0.05) is 5.16 Å². The molecule has 0 saturated carbocycles. The van der Waals surface area contributed by atoms with E-state index in [0.717, 1.165) is 0 Å². The Balaban J connectivity index is 2.20. The van der Waals surface area contributed by atoms with Gasteiger partial charge in [0.05, 0.1) is 6.54 Å². The molecule has 0 spiro atoms. The molecule has 0 unspecified atom stereocenters. The van der Waals surface area contributed by atoms with Crippen molar-refractivity contribution >= 4 is 10.0 Å². The highest BCUT2D eigenvalue weighted by Crippen LogP contribution is 2.18. The van der Waals surface area contributed by atoms with Crippen LogP contribution >= 0.6 is 0 Å². The van der Waals surface area contributed by atoms with Crippen molar-refractivity contribution < 1.29 is 12.9 Å². The maximum absolute atomic E-state index is 12.0. The molecule has 0 atom stereocenters. The molecule has 2 aromatic heterocycles. The van der Waals surface area contributed by atoms with E-state index in [2.05, 4.69) is 19.8 Å². The molecule has 2 aromatic rings. The molecular formula is C9H12N4O3S. The third-order valence-electron chi connectivity index (χ3n) is 2.22. The van der Waals surface area contributed by atoms with Crippen molar-refractivity contribution in [2.24, 2.45) is 0 Å². The molecule has 2 N–H and O–H groups in total. The summed E-state index contributed by atoms with van der Waals surface area (Å²) in [5, 5.41) is 3.61. The number of H-pyrrole nitrogens is 1. The molecule has 0 aliphatic rings. The van der Waals surface area contributed by atoms with Crippen LogP contribution in [0.15, 0.2) is 21.8 Å². The Morgan fingerprint density at radius 1 is 1.47 bits per heavy atom. The number of hydrogen-bond donors (Lipinski definition) is 2. The van der Waals surface area contributed by atoms with Crippen LogP contribution in [-0.4, -0.2) is 23.5 Å². The molecule has 0 radical (unpaired) electrons. The molecule has 0 amide bonds. The average Bonchev–Trinajstić information content (AvgIpc) is 2.86. The summed E-state index contributed by atoms with van der Waals surface area (Å²) in [4.78, 5) is 6.82. The van der Waals surface area contributed by atoms with E-state index in [1.54, 1.807) is 26.2 Å². The lowest BCUT2D eigenvalue weighted by atomic mass is 10.4. The molecule has 0 aliphatic carbocycles. The number of imidazole rings is 1. The highest BCUT2D eigenvalue weighted by molar-refractivity contribution is 7.89. The Kier molecular flexibility index (Phi) is 2.99. The van der Waals surface area contributed by atoms with Crippen molar-refractivity contribution in [3.05, 3.63) is 29.7 Å². The van der Waals surface area contributed by atoms with Crippen LogP contribution in [0.25, 0.3) is 0 Å². The topological polar surface area (TPSA) is 101 Å². The first-order valence-electron chi connectivity index (χ1n) is 4.91. The largest absolute Gasteiger partial charge is 0.360 e. The van der Waals surface area contributed by atoms with Gasteiger partial charge in [0.1, 0.15) is 16.4 Å². The monoisotopic (exact) mass is 256 g/mol. The van der Waals surface area contributed by atoms with Gasteiger partial charge in [0.2, 0.25) is 10.0 Å². The summed E-state index contributed by atoms with van der Waals surface area (Å²) in [6, 6.07) is 0. The summed E-state index contributed by atoms with van der Waals surface area (Å²) in [6.45, 7) is 3.23. The molecule has 2 heterocycles. The second-order valence-electron chi connectivity index (χ2n) is 3.51. The Labute approximate surface area is 98.3 Å². The second kappa shape index (κ2) is 4.30. The van der Waals surface area contributed by atoms with Gasteiger partial charge in [-0.2, -0.15) is 0 Å². The molecule has 0 aromatic carbocycles. The van der Waals surface area contributed by atoms with Crippen molar-refractivity contribution in [1.82, 2.24) is 19.8 Å². The first-order valence-corrected chi connectivity index (χ1v) is 6.40. The van der Waals surface area contributed by atoms with Crippen LogP contribution < -0.4 is 4.72 Å². The lowest BCUT2D eigenvalue weighted by molar-refractivity contribution is 0.390. The summed E-state index contributed by atoms with van der Waals surface area (Å²) in [6.07, 6.45) is 3.18. The number of aromatic amines is 1. The highest BCUT2D eigenvalue weighted by Gasteiger charge is 2.23. The minimum Gasteiger partial charge on any atom is -0.360 e. The fraction of sp³-hybridized carbons (Fsp3) is 0.333. The van der Waals surface area contributed by atoms with Gasteiger partial charge >= 0.3 is 0 Å². The lowest BCUT2D eigenvalue weighted by Gasteiger charge is -2.03. The SMILES string of the molecule is Cc1noc(C)c1S(=O)(=O)NCc1ncc[nH]1. The summed E-state index contributed by atoms with van der Waals surface area (Å²) in [5.74, 6) is 0.815. The van der Waals surface area contributed by atoms with E-state index < -0.39 is 10.0 Å². The minimum atomic E-state index is -3.62. The van der Waals surface area contributed by atoms with Gasteiger partial charge in [-0.25, -0.2) is 18.1 Å². The fourth-order valence-electron chi connectivity index (χ4n) is 1.49.